The van der Waals surface area contributed by atoms with E-state index in [1.54, 1.807) is 12.1 Å². The highest BCUT2D eigenvalue weighted by Crippen LogP contribution is 2.39. The Balaban J connectivity index is 2.98. The number of thioether (sulfide) groups is 1. The van der Waals surface area contributed by atoms with Gasteiger partial charge in [-0.05, 0) is 73.5 Å². The topological polar surface area (TPSA) is 26.0 Å². The van der Waals surface area contributed by atoms with Crippen LogP contribution >= 0.6 is 11.8 Å². The Morgan fingerprint density at radius 2 is 1.59 bits per heavy atom. The van der Waals surface area contributed by atoms with Crippen molar-refractivity contribution in [3.8, 4) is 0 Å². The smallest absolute Gasteiger partial charge is 0.326 e. The zero-order valence-electron chi connectivity index (χ0n) is 14.0. The van der Waals surface area contributed by atoms with Gasteiger partial charge in [-0.15, -0.1) is 0 Å². The summed E-state index contributed by atoms with van der Waals surface area (Å²) in [5, 5.41) is 0. The van der Waals surface area contributed by atoms with Crippen LogP contribution in [0.15, 0.2) is 23.1 Å². The largest absolute Gasteiger partial charge is 0.446 e. The number of halogens is 3. The maximum Gasteiger partial charge on any atom is 0.446 e. The van der Waals surface area contributed by atoms with Crippen LogP contribution in [0.2, 0.25) is 0 Å². The molecule has 0 aliphatic rings. The molecule has 0 aromatic heterocycles. The molecular weight excluding hydrogens is 307 g/mol. The molecule has 0 bridgehead atoms. The molecule has 22 heavy (non-hydrogen) atoms. The Morgan fingerprint density at radius 1 is 1.00 bits per heavy atom. The van der Waals surface area contributed by atoms with Crippen molar-refractivity contribution in [3.05, 3.63) is 29.3 Å². The summed E-state index contributed by atoms with van der Waals surface area (Å²) in [6.45, 7) is 9.96. The molecule has 126 valence electrons. The summed E-state index contributed by atoms with van der Waals surface area (Å²) in [5.41, 5.74) is 3.16. The van der Waals surface area contributed by atoms with E-state index in [1.807, 2.05) is 40.7 Å². The Labute approximate surface area is 135 Å². The van der Waals surface area contributed by atoms with E-state index in [2.05, 4.69) is 0 Å². The molecule has 0 saturated carbocycles. The minimum absolute atomic E-state index is 0.0405. The van der Waals surface area contributed by atoms with E-state index in [1.165, 1.54) is 0 Å². The zero-order chi connectivity index (χ0) is 17.2. The highest BCUT2D eigenvalue weighted by atomic mass is 32.2. The average Bonchev–Trinajstić information content (AvgIpc) is 2.23. The van der Waals surface area contributed by atoms with Gasteiger partial charge in [0.05, 0.1) is 0 Å². The van der Waals surface area contributed by atoms with Gasteiger partial charge in [-0.2, -0.15) is 13.2 Å². The van der Waals surface area contributed by atoms with Crippen molar-refractivity contribution in [2.75, 3.05) is 0 Å². The maximum absolute atomic E-state index is 12.7. The first kappa shape index (κ1) is 19.4. The van der Waals surface area contributed by atoms with Gasteiger partial charge in [0.15, 0.2) is 0 Å². The van der Waals surface area contributed by atoms with Crippen LogP contribution in [0.5, 0.6) is 0 Å². The molecule has 0 amide bonds. The van der Waals surface area contributed by atoms with E-state index in [0.29, 0.717) is 0 Å². The number of rotatable bonds is 5. The Bertz CT molecular complexity index is 496. The van der Waals surface area contributed by atoms with Crippen LogP contribution in [0.3, 0.4) is 0 Å². The molecule has 0 heterocycles. The molecule has 0 unspecified atom stereocenters. The first-order valence-electron chi connectivity index (χ1n) is 7.45. The molecule has 0 atom stereocenters. The fourth-order valence-electron chi connectivity index (χ4n) is 2.18. The summed E-state index contributed by atoms with van der Waals surface area (Å²) in [7, 11) is 0. The third-order valence-corrected chi connectivity index (χ3v) is 4.06. The molecule has 1 nitrogen and oxygen atoms in total. The third kappa shape index (κ3) is 7.54. The van der Waals surface area contributed by atoms with E-state index in [4.69, 9.17) is 5.73 Å². The van der Waals surface area contributed by atoms with Gasteiger partial charge in [-0.3, -0.25) is 0 Å². The first-order valence-corrected chi connectivity index (χ1v) is 8.27. The molecule has 0 saturated heterocycles. The summed E-state index contributed by atoms with van der Waals surface area (Å²) >= 11 is -0.0405. The van der Waals surface area contributed by atoms with Crippen molar-refractivity contribution in [3.63, 3.8) is 0 Å². The monoisotopic (exact) mass is 333 g/mol. The Kier molecular flexibility index (Phi) is 6.01. The minimum Gasteiger partial charge on any atom is -0.326 e. The lowest BCUT2D eigenvalue weighted by Gasteiger charge is -2.22. The second-order valence-electron chi connectivity index (χ2n) is 7.51. The first-order chi connectivity index (χ1) is 9.76. The quantitative estimate of drug-likeness (QED) is 0.704. The van der Waals surface area contributed by atoms with Gasteiger partial charge in [0.1, 0.15) is 0 Å². The summed E-state index contributed by atoms with van der Waals surface area (Å²) < 4.78 is 38.0. The fourth-order valence-corrected chi connectivity index (χ4v) is 2.84. The molecule has 1 aromatic rings. The van der Waals surface area contributed by atoms with Crippen molar-refractivity contribution in [2.24, 2.45) is 5.73 Å². The SMILES string of the molecule is CC(C)(N)CCCc1cc(SC(F)(F)F)cc(C(C)(C)C)c1. The second kappa shape index (κ2) is 6.83. The number of nitrogens with two attached hydrogens (primary N) is 1. The van der Waals surface area contributed by atoms with Crippen molar-refractivity contribution in [2.45, 2.75) is 75.2 Å². The van der Waals surface area contributed by atoms with Crippen LogP contribution in [0.25, 0.3) is 0 Å². The molecule has 0 aliphatic carbocycles. The van der Waals surface area contributed by atoms with E-state index < -0.39 is 5.51 Å². The standard InChI is InChI=1S/C17H26F3NS/c1-15(2,3)13-9-12(7-6-8-16(4,5)21)10-14(11-13)22-17(18,19)20/h9-11H,6-8,21H2,1-5H3. The summed E-state index contributed by atoms with van der Waals surface area (Å²) in [5.74, 6) is 0. The van der Waals surface area contributed by atoms with Crippen LogP contribution in [-0.4, -0.2) is 11.0 Å². The van der Waals surface area contributed by atoms with Crippen LogP contribution in [0.4, 0.5) is 13.2 Å². The van der Waals surface area contributed by atoms with Crippen LogP contribution in [0.1, 0.15) is 58.6 Å². The van der Waals surface area contributed by atoms with Crippen molar-refractivity contribution < 1.29 is 13.2 Å². The number of hydrogen-bond donors (Lipinski definition) is 1. The molecule has 1 rings (SSSR count). The van der Waals surface area contributed by atoms with Gasteiger partial charge < -0.3 is 5.73 Å². The van der Waals surface area contributed by atoms with Crippen molar-refractivity contribution in [1.29, 1.82) is 0 Å². The predicted molar refractivity (Wildman–Crippen MR) is 88.3 cm³/mol. The van der Waals surface area contributed by atoms with Crippen LogP contribution in [0, 0.1) is 0 Å². The minimum atomic E-state index is -4.26. The van der Waals surface area contributed by atoms with Gasteiger partial charge in [0, 0.05) is 10.4 Å². The van der Waals surface area contributed by atoms with Gasteiger partial charge in [-0.1, -0.05) is 26.8 Å². The van der Waals surface area contributed by atoms with Gasteiger partial charge >= 0.3 is 5.51 Å². The number of benzene rings is 1. The number of alkyl halides is 3. The van der Waals surface area contributed by atoms with Crippen molar-refractivity contribution >= 4 is 11.8 Å². The lowest BCUT2D eigenvalue weighted by molar-refractivity contribution is -0.0328. The Morgan fingerprint density at radius 3 is 2.05 bits per heavy atom. The molecule has 2 N–H and O–H groups in total. The fraction of sp³-hybridized carbons (Fsp3) is 0.647. The lowest BCUT2D eigenvalue weighted by Crippen LogP contribution is -2.31. The Hall–Kier alpha value is -0.680. The zero-order valence-corrected chi connectivity index (χ0v) is 14.8. The number of aryl methyl sites for hydroxylation is 1. The molecule has 0 aliphatic heterocycles. The maximum atomic E-state index is 12.7. The van der Waals surface area contributed by atoms with E-state index in [-0.39, 0.29) is 27.6 Å². The van der Waals surface area contributed by atoms with E-state index >= 15 is 0 Å². The van der Waals surface area contributed by atoms with Crippen molar-refractivity contribution in [1.82, 2.24) is 0 Å². The summed E-state index contributed by atoms with van der Waals surface area (Å²) in [4.78, 5) is 0.266. The second-order valence-corrected chi connectivity index (χ2v) is 8.64. The average molecular weight is 333 g/mol. The summed E-state index contributed by atoms with van der Waals surface area (Å²) in [6.07, 6.45) is 2.46. The lowest BCUT2D eigenvalue weighted by atomic mass is 9.85. The van der Waals surface area contributed by atoms with Crippen LogP contribution in [-0.2, 0) is 11.8 Å². The van der Waals surface area contributed by atoms with E-state index in [0.717, 1.165) is 30.4 Å². The molecule has 0 spiro atoms. The van der Waals surface area contributed by atoms with Gasteiger partial charge in [0.2, 0.25) is 0 Å². The molecule has 5 heteroatoms. The molecule has 1 aromatic carbocycles. The third-order valence-electron chi connectivity index (χ3n) is 3.35. The normalized spacial score (nSPS) is 13.5. The molecule has 0 radical (unpaired) electrons. The summed E-state index contributed by atoms with van der Waals surface area (Å²) in [6, 6.07) is 5.31. The van der Waals surface area contributed by atoms with Gasteiger partial charge in [0.25, 0.3) is 0 Å². The highest BCUT2D eigenvalue weighted by molar-refractivity contribution is 8.00. The van der Waals surface area contributed by atoms with Crippen LogP contribution < -0.4 is 5.73 Å². The highest BCUT2D eigenvalue weighted by Gasteiger charge is 2.30. The van der Waals surface area contributed by atoms with Gasteiger partial charge in [-0.25, -0.2) is 0 Å². The molecule has 0 fully saturated rings. The molecular formula is C17H26F3NS. The predicted octanol–water partition coefficient (Wildman–Crippen LogP) is 5.66. The van der Waals surface area contributed by atoms with E-state index in [9.17, 15) is 13.2 Å². The number of hydrogen-bond acceptors (Lipinski definition) is 2.